The molecule has 0 aliphatic rings. The number of methoxy groups -OCH3 is 1. The second-order valence-corrected chi connectivity index (χ2v) is 4.47. The summed E-state index contributed by atoms with van der Waals surface area (Å²) in [5.41, 5.74) is 1.02. The van der Waals surface area contributed by atoms with Crippen molar-refractivity contribution in [3.63, 3.8) is 0 Å². The maximum absolute atomic E-state index is 11.5. The van der Waals surface area contributed by atoms with E-state index in [-0.39, 0.29) is 11.1 Å². The summed E-state index contributed by atoms with van der Waals surface area (Å²) >= 11 is 5.11. The lowest BCUT2D eigenvalue weighted by Crippen LogP contribution is -2.05. The number of ether oxygens (including phenoxy) is 1. The molecule has 0 spiro atoms. The molecule has 0 heterocycles. The monoisotopic (exact) mass is 382 g/mol. The maximum atomic E-state index is 11.5. The molecule has 1 rings (SSSR count). The van der Waals surface area contributed by atoms with Crippen LogP contribution in [0.4, 0.5) is 0 Å². The quantitative estimate of drug-likeness (QED) is 0.348. The van der Waals surface area contributed by atoms with Gasteiger partial charge in [0.15, 0.2) is 12.1 Å². The summed E-state index contributed by atoms with van der Waals surface area (Å²) in [6.07, 6.45) is 0.743. The highest BCUT2D eigenvalue weighted by atomic mass is 127. The topological polar surface area (TPSA) is 43.4 Å². The molecule has 0 aromatic heterocycles. The molecule has 0 amide bonds. The summed E-state index contributed by atoms with van der Waals surface area (Å²) in [6.45, 7) is 0. The van der Waals surface area contributed by atoms with Gasteiger partial charge in [0, 0.05) is 9.13 Å². The van der Waals surface area contributed by atoms with Crippen molar-refractivity contribution >= 4 is 50.6 Å². The van der Waals surface area contributed by atoms with Gasteiger partial charge in [0.05, 0.1) is 18.0 Å². The zero-order valence-corrected chi connectivity index (χ0v) is 11.7. The van der Waals surface area contributed by atoms with Gasteiger partial charge in [0.2, 0.25) is 0 Å². The van der Waals surface area contributed by atoms with E-state index in [1.165, 1.54) is 7.11 Å². The van der Waals surface area contributed by atoms with Crippen LogP contribution in [-0.2, 0) is 0 Å². The first kappa shape index (κ1) is 12.6. The van der Waals surface area contributed by atoms with Crippen molar-refractivity contribution in [3.8, 4) is 5.75 Å². The normalized spacial score (nSPS) is 9.80. The molecule has 1 aromatic rings. The van der Waals surface area contributed by atoms with Crippen LogP contribution in [0.5, 0.6) is 5.75 Å². The van der Waals surface area contributed by atoms with Crippen molar-refractivity contribution in [1.29, 1.82) is 0 Å². The van der Waals surface area contributed by atoms with Gasteiger partial charge in [-0.15, -0.1) is 0 Å². The number of rotatable bonds is 4. The van der Waals surface area contributed by atoms with Gasteiger partial charge in [-0.1, -0.05) is 15.9 Å². The van der Waals surface area contributed by atoms with Gasteiger partial charge in [-0.25, -0.2) is 0 Å². The molecule has 0 N–H and O–H groups in total. The SMILES string of the molecule is COc1cc(C=O)c(I)cc1C(=O)CBr. The van der Waals surface area contributed by atoms with Gasteiger partial charge in [0.1, 0.15) is 5.75 Å². The van der Waals surface area contributed by atoms with Crippen molar-refractivity contribution in [2.75, 3.05) is 12.4 Å². The number of ketones is 1. The highest BCUT2D eigenvalue weighted by molar-refractivity contribution is 14.1. The Morgan fingerprint density at radius 2 is 2.27 bits per heavy atom. The van der Waals surface area contributed by atoms with E-state index in [4.69, 9.17) is 4.74 Å². The summed E-state index contributed by atoms with van der Waals surface area (Å²) < 4.78 is 5.81. The molecule has 0 bridgehead atoms. The Kier molecular flexibility index (Phi) is 4.72. The summed E-state index contributed by atoms with van der Waals surface area (Å²) in [5.74, 6) is 0.365. The van der Waals surface area contributed by atoms with Crippen molar-refractivity contribution in [2.45, 2.75) is 0 Å². The Balaban J connectivity index is 3.33. The molecule has 3 nitrogen and oxygen atoms in total. The predicted octanol–water partition coefficient (Wildman–Crippen LogP) is 2.69. The lowest BCUT2D eigenvalue weighted by molar-refractivity contribution is 0.101. The van der Waals surface area contributed by atoms with Crippen molar-refractivity contribution in [1.82, 2.24) is 0 Å². The average molecular weight is 383 g/mol. The number of alkyl halides is 1. The lowest BCUT2D eigenvalue weighted by Gasteiger charge is -2.08. The number of halogens is 2. The Hall–Kier alpha value is -0.430. The van der Waals surface area contributed by atoms with Crippen LogP contribution in [0.2, 0.25) is 0 Å². The van der Waals surface area contributed by atoms with Crippen LogP contribution in [0.3, 0.4) is 0 Å². The van der Waals surface area contributed by atoms with Crippen LogP contribution in [0.25, 0.3) is 0 Å². The van der Waals surface area contributed by atoms with Gasteiger partial charge in [-0.2, -0.15) is 0 Å². The van der Waals surface area contributed by atoms with Crippen molar-refractivity contribution < 1.29 is 14.3 Å². The maximum Gasteiger partial charge on any atom is 0.177 e. The lowest BCUT2D eigenvalue weighted by atomic mass is 10.1. The largest absolute Gasteiger partial charge is 0.496 e. The van der Waals surface area contributed by atoms with Crippen LogP contribution >= 0.6 is 38.5 Å². The van der Waals surface area contributed by atoms with Gasteiger partial charge in [-0.05, 0) is 34.7 Å². The summed E-state index contributed by atoms with van der Waals surface area (Å²) in [5, 5.41) is 0.236. The van der Waals surface area contributed by atoms with E-state index >= 15 is 0 Å². The molecule has 0 saturated carbocycles. The number of Topliss-reactive ketones (excluding diaryl/α,β-unsaturated/α-hetero) is 1. The van der Waals surface area contributed by atoms with Crippen molar-refractivity contribution in [3.05, 3.63) is 26.8 Å². The molecule has 0 aliphatic carbocycles. The Morgan fingerprint density at radius 3 is 2.73 bits per heavy atom. The number of carbonyl (C=O) groups excluding carboxylic acids is 2. The van der Waals surface area contributed by atoms with Crippen LogP contribution in [0, 0.1) is 3.57 Å². The zero-order valence-electron chi connectivity index (χ0n) is 7.92. The fourth-order valence-corrected chi connectivity index (χ4v) is 2.01. The number of benzene rings is 1. The standard InChI is InChI=1S/C10H8BrIO3/c1-15-10-2-6(5-13)8(12)3-7(10)9(14)4-11/h2-3,5H,4H2,1H3. The molecule has 0 unspecified atom stereocenters. The molecule has 80 valence electrons. The molecule has 1 aromatic carbocycles. The second kappa shape index (κ2) is 5.60. The highest BCUT2D eigenvalue weighted by Crippen LogP contribution is 2.25. The minimum atomic E-state index is -0.0674. The van der Waals surface area contributed by atoms with Crippen LogP contribution in [0.15, 0.2) is 12.1 Å². The predicted molar refractivity (Wildman–Crippen MR) is 69.2 cm³/mol. The van der Waals surface area contributed by atoms with Crippen LogP contribution in [0.1, 0.15) is 20.7 Å². The van der Waals surface area contributed by atoms with E-state index in [1.807, 2.05) is 22.6 Å². The average Bonchev–Trinajstić information content (AvgIpc) is 2.27. The smallest absolute Gasteiger partial charge is 0.177 e. The molecule has 0 aliphatic heterocycles. The molecule has 15 heavy (non-hydrogen) atoms. The van der Waals surface area contributed by atoms with Gasteiger partial charge in [0.25, 0.3) is 0 Å². The first-order chi connectivity index (χ1) is 7.13. The van der Waals surface area contributed by atoms with E-state index in [2.05, 4.69) is 15.9 Å². The first-order valence-electron chi connectivity index (χ1n) is 4.06. The Bertz CT molecular complexity index is 404. The Labute approximate surface area is 109 Å². The minimum Gasteiger partial charge on any atom is -0.496 e. The van der Waals surface area contributed by atoms with E-state index in [9.17, 15) is 9.59 Å². The van der Waals surface area contributed by atoms with E-state index in [1.54, 1.807) is 12.1 Å². The third-order valence-corrected chi connectivity index (χ3v) is 3.31. The highest BCUT2D eigenvalue weighted by Gasteiger charge is 2.14. The van der Waals surface area contributed by atoms with E-state index in [0.717, 1.165) is 9.86 Å². The Morgan fingerprint density at radius 1 is 1.60 bits per heavy atom. The van der Waals surface area contributed by atoms with Gasteiger partial charge >= 0.3 is 0 Å². The summed E-state index contributed by atoms with van der Waals surface area (Å²) in [4.78, 5) is 22.2. The molecule has 5 heteroatoms. The summed E-state index contributed by atoms with van der Waals surface area (Å²) in [6, 6.07) is 3.23. The van der Waals surface area contributed by atoms with E-state index < -0.39 is 0 Å². The first-order valence-corrected chi connectivity index (χ1v) is 6.26. The third-order valence-electron chi connectivity index (χ3n) is 1.87. The fourth-order valence-electron chi connectivity index (χ4n) is 1.12. The molecule has 0 atom stereocenters. The number of hydrogen-bond acceptors (Lipinski definition) is 3. The molecule has 0 fully saturated rings. The van der Waals surface area contributed by atoms with Gasteiger partial charge < -0.3 is 4.74 Å². The van der Waals surface area contributed by atoms with Crippen LogP contribution < -0.4 is 4.74 Å². The second-order valence-electron chi connectivity index (χ2n) is 2.75. The van der Waals surface area contributed by atoms with Crippen LogP contribution in [-0.4, -0.2) is 24.5 Å². The molecule has 0 radical (unpaired) electrons. The number of carbonyl (C=O) groups is 2. The fraction of sp³-hybridized carbons (Fsp3) is 0.200. The number of aldehydes is 1. The van der Waals surface area contributed by atoms with E-state index in [0.29, 0.717) is 16.9 Å². The minimum absolute atomic E-state index is 0.0674. The molecule has 0 saturated heterocycles. The zero-order chi connectivity index (χ0) is 11.4. The third kappa shape index (κ3) is 2.78. The van der Waals surface area contributed by atoms with Crippen molar-refractivity contribution in [2.24, 2.45) is 0 Å². The molecular formula is C10H8BrIO3. The molecular weight excluding hydrogens is 375 g/mol. The van der Waals surface area contributed by atoms with Gasteiger partial charge in [-0.3, -0.25) is 9.59 Å². The number of hydrogen-bond donors (Lipinski definition) is 0. The summed E-state index contributed by atoms with van der Waals surface area (Å²) in [7, 11) is 1.47.